The zero-order chi connectivity index (χ0) is 18.9. The fraction of sp³-hybridized carbons (Fsp3) is 0.222. The quantitative estimate of drug-likeness (QED) is 0.563. The van der Waals surface area contributed by atoms with E-state index in [4.69, 9.17) is 30.6 Å². The molecule has 0 saturated heterocycles. The molecule has 0 spiro atoms. The average Bonchev–Trinajstić information content (AvgIpc) is 2.65. The van der Waals surface area contributed by atoms with E-state index >= 15 is 0 Å². The summed E-state index contributed by atoms with van der Waals surface area (Å²) in [7, 11) is 4.58. The molecule has 1 amide bonds. The van der Waals surface area contributed by atoms with Crippen molar-refractivity contribution in [1.29, 1.82) is 0 Å². The zero-order valence-electron chi connectivity index (χ0n) is 14.6. The first-order valence-corrected chi connectivity index (χ1v) is 7.96. The van der Waals surface area contributed by atoms with Crippen LogP contribution in [0.1, 0.15) is 5.56 Å². The summed E-state index contributed by atoms with van der Waals surface area (Å²) in [6.45, 7) is -0.279. The van der Waals surface area contributed by atoms with E-state index in [2.05, 4.69) is 10.5 Å². The molecule has 8 heteroatoms. The predicted octanol–water partition coefficient (Wildman–Crippen LogP) is 3.36. The highest BCUT2D eigenvalue weighted by atomic mass is 35.5. The van der Waals surface area contributed by atoms with E-state index in [0.717, 1.165) is 0 Å². The van der Waals surface area contributed by atoms with Gasteiger partial charge in [-0.25, -0.2) is 0 Å². The summed E-state index contributed by atoms with van der Waals surface area (Å²) >= 11 is 5.92. The molecule has 0 saturated carbocycles. The number of nitrogens with zero attached hydrogens (tertiary/aromatic N) is 1. The summed E-state index contributed by atoms with van der Waals surface area (Å²) in [5, 5.41) is 6.92. The molecule has 7 nitrogen and oxygen atoms in total. The minimum absolute atomic E-state index is 0.279. The number of para-hydroxylation sites is 1. The van der Waals surface area contributed by atoms with Crippen molar-refractivity contribution in [3.8, 4) is 17.2 Å². The Morgan fingerprint density at radius 1 is 1.12 bits per heavy atom. The first kappa shape index (κ1) is 19.4. The van der Waals surface area contributed by atoms with Crippen molar-refractivity contribution in [1.82, 2.24) is 0 Å². The number of halogens is 1. The van der Waals surface area contributed by atoms with Crippen molar-refractivity contribution >= 4 is 29.4 Å². The van der Waals surface area contributed by atoms with Crippen LogP contribution in [0.3, 0.4) is 0 Å². The SMILES string of the molecule is COc1ccc(Cl)cc1NC(=O)CO/N=C\c1cccc(OC)c1OC. The molecule has 0 atom stereocenters. The Bertz CT molecular complexity index is 795. The fourth-order valence-corrected chi connectivity index (χ4v) is 2.34. The second-order valence-corrected chi connectivity index (χ2v) is 5.42. The van der Waals surface area contributed by atoms with Crippen molar-refractivity contribution in [2.45, 2.75) is 0 Å². The smallest absolute Gasteiger partial charge is 0.265 e. The number of carbonyl (C=O) groups excluding carboxylic acids is 1. The lowest BCUT2D eigenvalue weighted by Gasteiger charge is -2.10. The van der Waals surface area contributed by atoms with Crippen LogP contribution in [-0.2, 0) is 9.63 Å². The summed E-state index contributed by atoms with van der Waals surface area (Å²) in [4.78, 5) is 17.0. The minimum Gasteiger partial charge on any atom is -0.495 e. The minimum atomic E-state index is -0.402. The van der Waals surface area contributed by atoms with Gasteiger partial charge in [-0.3, -0.25) is 4.79 Å². The first-order chi connectivity index (χ1) is 12.6. The Morgan fingerprint density at radius 3 is 2.58 bits per heavy atom. The molecule has 0 unspecified atom stereocenters. The van der Waals surface area contributed by atoms with Gasteiger partial charge in [0.2, 0.25) is 0 Å². The highest BCUT2D eigenvalue weighted by Gasteiger charge is 2.10. The van der Waals surface area contributed by atoms with Gasteiger partial charge in [0.15, 0.2) is 18.1 Å². The highest BCUT2D eigenvalue weighted by molar-refractivity contribution is 6.31. The molecular weight excluding hydrogens is 360 g/mol. The highest BCUT2D eigenvalue weighted by Crippen LogP contribution is 2.29. The van der Waals surface area contributed by atoms with Crippen LogP contribution in [-0.4, -0.2) is 40.1 Å². The maximum absolute atomic E-state index is 12.0. The third kappa shape index (κ3) is 5.03. The molecular formula is C18H19ClN2O5. The molecule has 0 fully saturated rings. The van der Waals surface area contributed by atoms with Gasteiger partial charge in [-0.1, -0.05) is 22.8 Å². The summed E-state index contributed by atoms with van der Waals surface area (Å²) in [5.41, 5.74) is 1.11. The van der Waals surface area contributed by atoms with Gasteiger partial charge >= 0.3 is 0 Å². The van der Waals surface area contributed by atoms with Crippen molar-refractivity contribution in [2.24, 2.45) is 5.16 Å². The van der Waals surface area contributed by atoms with Gasteiger partial charge in [0.25, 0.3) is 5.91 Å². The third-order valence-corrected chi connectivity index (χ3v) is 3.57. The van der Waals surface area contributed by atoms with Crippen LogP contribution in [0.25, 0.3) is 0 Å². The topological polar surface area (TPSA) is 78.4 Å². The van der Waals surface area contributed by atoms with Gasteiger partial charge in [-0.2, -0.15) is 0 Å². The maximum Gasteiger partial charge on any atom is 0.265 e. The van der Waals surface area contributed by atoms with Crippen molar-refractivity contribution in [3.05, 3.63) is 47.0 Å². The van der Waals surface area contributed by atoms with Gasteiger partial charge in [0, 0.05) is 10.6 Å². The van der Waals surface area contributed by atoms with Gasteiger partial charge < -0.3 is 24.4 Å². The van der Waals surface area contributed by atoms with Crippen LogP contribution >= 0.6 is 11.6 Å². The number of anilines is 1. The van der Waals surface area contributed by atoms with E-state index in [1.54, 1.807) is 43.5 Å². The number of oxime groups is 1. The Hall–Kier alpha value is -2.93. The first-order valence-electron chi connectivity index (χ1n) is 7.58. The third-order valence-electron chi connectivity index (χ3n) is 3.33. The van der Waals surface area contributed by atoms with E-state index in [-0.39, 0.29) is 6.61 Å². The summed E-state index contributed by atoms with van der Waals surface area (Å²) in [6.07, 6.45) is 1.44. The number of ether oxygens (including phenoxy) is 3. The summed E-state index contributed by atoms with van der Waals surface area (Å²) in [6, 6.07) is 10.3. The Balaban J connectivity index is 1.95. The number of hydrogen-bond acceptors (Lipinski definition) is 6. The van der Waals surface area contributed by atoms with E-state index in [1.807, 2.05) is 0 Å². The molecule has 26 heavy (non-hydrogen) atoms. The molecule has 0 aromatic heterocycles. The number of methoxy groups -OCH3 is 3. The van der Waals surface area contributed by atoms with Crippen molar-refractivity contribution in [2.75, 3.05) is 33.3 Å². The molecule has 0 heterocycles. The van der Waals surface area contributed by atoms with E-state index in [9.17, 15) is 4.79 Å². The fourth-order valence-electron chi connectivity index (χ4n) is 2.17. The largest absolute Gasteiger partial charge is 0.495 e. The molecule has 2 aromatic carbocycles. The number of benzene rings is 2. The van der Waals surface area contributed by atoms with Crippen LogP contribution in [0.4, 0.5) is 5.69 Å². The summed E-state index contributed by atoms with van der Waals surface area (Å²) in [5.74, 6) is 1.19. The zero-order valence-corrected chi connectivity index (χ0v) is 15.4. The lowest BCUT2D eigenvalue weighted by Crippen LogP contribution is -2.17. The van der Waals surface area contributed by atoms with Gasteiger partial charge in [-0.05, 0) is 30.3 Å². The standard InChI is InChI=1S/C18H19ClN2O5/c1-23-15-8-7-13(19)9-14(15)21-17(22)11-26-20-10-12-5-4-6-16(24-2)18(12)25-3/h4-10H,11H2,1-3H3,(H,21,22)/b20-10-. The predicted molar refractivity (Wildman–Crippen MR) is 99.7 cm³/mol. The second kappa shape index (κ2) is 9.53. The van der Waals surface area contributed by atoms with Crippen LogP contribution in [0.2, 0.25) is 5.02 Å². The van der Waals surface area contributed by atoms with E-state index in [1.165, 1.54) is 20.4 Å². The lowest BCUT2D eigenvalue weighted by molar-refractivity contribution is -0.120. The molecule has 0 aliphatic rings. The lowest BCUT2D eigenvalue weighted by atomic mass is 10.2. The summed E-state index contributed by atoms with van der Waals surface area (Å²) < 4.78 is 15.7. The molecule has 0 bridgehead atoms. The normalized spacial score (nSPS) is 10.5. The number of rotatable bonds is 8. The van der Waals surface area contributed by atoms with Gasteiger partial charge in [0.1, 0.15) is 5.75 Å². The molecule has 138 valence electrons. The van der Waals surface area contributed by atoms with Gasteiger partial charge in [0.05, 0.1) is 33.2 Å². The molecule has 0 radical (unpaired) electrons. The van der Waals surface area contributed by atoms with Crippen LogP contribution < -0.4 is 19.5 Å². The molecule has 0 aliphatic heterocycles. The van der Waals surface area contributed by atoms with E-state index < -0.39 is 5.91 Å². The Kier molecular flexibility index (Phi) is 7.11. The number of amides is 1. The molecule has 2 aromatic rings. The molecule has 0 aliphatic carbocycles. The number of hydrogen-bond donors (Lipinski definition) is 1. The van der Waals surface area contributed by atoms with Crippen LogP contribution in [0.5, 0.6) is 17.2 Å². The maximum atomic E-state index is 12.0. The monoisotopic (exact) mass is 378 g/mol. The van der Waals surface area contributed by atoms with Crippen LogP contribution in [0.15, 0.2) is 41.6 Å². The Morgan fingerprint density at radius 2 is 1.88 bits per heavy atom. The van der Waals surface area contributed by atoms with Crippen molar-refractivity contribution in [3.63, 3.8) is 0 Å². The van der Waals surface area contributed by atoms with E-state index in [0.29, 0.717) is 33.5 Å². The number of carbonyl (C=O) groups is 1. The number of nitrogens with one attached hydrogen (secondary N) is 1. The molecule has 1 N–H and O–H groups in total. The van der Waals surface area contributed by atoms with Crippen LogP contribution in [0, 0.1) is 0 Å². The average molecular weight is 379 g/mol. The molecule has 2 rings (SSSR count). The van der Waals surface area contributed by atoms with Gasteiger partial charge in [-0.15, -0.1) is 0 Å². The van der Waals surface area contributed by atoms with Crippen molar-refractivity contribution < 1.29 is 23.8 Å². The Labute approximate surface area is 156 Å². The second-order valence-electron chi connectivity index (χ2n) is 4.98.